The molecule has 0 fully saturated rings. The minimum atomic E-state index is 0.0330. The lowest BCUT2D eigenvalue weighted by Gasteiger charge is -2.05. The van der Waals surface area contributed by atoms with Crippen LogP contribution in [0.1, 0.15) is 84.0 Å². The Morgan fingerprint density at radius 2 is 1.33 bits per heavy atom. The molecule has 24 heavy (non-hydrogen) atoms. The molecule has 0 aromatic heterocycles. The number of nitrogens with one attached hydrogen (secondary N) is 1. The molecule has 0 atom stereocenters. The number of ketones is 2. The van der Waals surface area contributed by atoms with Gasteiger partial charge in [-0.25, -0.2) is 0 Å². The van der Waals surface area contributed by atoms with E-state index in [1.54, 1.807) is 6.92 Å². The number of carbonyl (C=O) groups excluding carboxylic acids is 3. The Morgan fingerprint density at radius 1 is 0.750 bits per heavy atom. The van der Waals surface area contributed by atoms with Crippen molar-refractivity contribution in [2.75, 3.05) is 20.3 Å². The lowest BCUT2D eigenvalue weighted by Crippen LogP contribution is -2.24. The summed E-state index contributed by atoms with van der Waals surface area (Å²) in [5, 5.41) is 2.90. The van der Waals surface area contributed by atoms with Crippen molar-refractivity contribution in [1.29, 1.82) is 0 Å². The fourth-order valence-corrected chi connectivity index (χ4v) is 2.56. The van der Waals surface area contributed by atoms with E-state index in [0.29, 0.717) is 25.0 Å². The highest BCUT2D eigenvalue weighted by atomic mass is 16.5. The highest BCUT2D eigenvalue weighted by molar-refractivity contribution is 5.81. The second-order valence-electron chi connectivity index (χ2n) is 6.46. The molecule has 0 aliphatic carbocycles. The average molecular weight is 341 g/mol. The molecule has 0 aliphatic rings. The minimum Gasteiger partial charge on any atom is -0.377 e. The van der Waals surface area contributed by atoms with E-state index in [2.05, 4.69) is 5.32 Å². The summed E-state index contributed by atoms with van der Waals surface area (Å²) >= 11 is 0. The normalized spacial score (nSPS) is 10.6. The zero-order valence-electron chi connectivity index (χ0n) is 15.5. The molecule has 0 radical (unpaired) electrons. The van der Waals surface area contributed by atoms with E-state index < -0.39 is 0 Å². The van der Waals surface area contributed by atoms with Crippen molar-refractivity contribution in [2.45, 2.75) is 84.0 Å². The van der Waals surface area contributed by atoms with E-state index in [0.717, 1.165) is 38.6 Å². The lowest BCUT2D eigenvalue weighted by atomic mass is 10.1. The molecule has 0 aromatic rings. The van der Waals surface area contributed by atoms with Crippen molar-refractivity contribution >= 4 is 17.5 Å². The Hall–Kier alpha value is -1.23. The average Bonchev–Trinajstić information content (AvgIpc) is 2.52. The number of unbranched alkanes of at least 4 members (excludes halogenated alkanes) is 7. The molecule has 0 saturated heterocycles. The van der Waals surface area contributed by atoms with Crippen LogP contribution in [0.3, 0.4) is 0 Å². The van der Waals surface area contributed by atoms with Crippen LogP contribution >= 0.6 is 0 Å². The molecule has 5 heteroatoms. The summed E-state index contributed by atoms with van der Waals surface area (Å²) in [7, 11) is 1.50. The number of ether oxygens (including phenoxy) is 1. The zero-order valence-corrected chi connectivity index (χ0v) is 15.5. The number of rotatable bonds is 17. The van der Waals surface area contributed by atoms with E-state index in [-0.39, 0.29) is 18.3 Å². The predicted octanol–water partition coefficient (Wildman–Crippen LogP) is 3.59. The number of methoxy groups -OCH3 is 1. The molecule has 0 spiro atoms. The van der Waals surface area contributed by atoms with Crippen molar-refractivity contribution < 1.29 is 19.1 Å². The standard InChI is InChI=1S/C19H35NO4/c1-17(21)12-9-7-5-3-4-6-8-10-15-20-19(23)14-11-13-18(22)16-24-2/h3-16H2,1-2H3,(H,20,23). The van der Waals surface area contributed by atoms with Gasteiger partial charge in [0.2, 0.25) is 5.91 Å². The summed E-state index contributed by atoms with van der Waals surface area (Å²) in [6.07, 6.45) is 11.4. The first kappa shape index (κ1) is 22.8. The van der Waals surface area contributed by atoms with Gasteiger partial charge >= 0.3 is 0 Å². The Labute approximate surface area is 146 Å². The first-order valence-electron chi connectivity index (χ1n) is 9.33. The van der Waals surface area contributed by atoms with Crippen molar-refractivity contribution in [3.8, 4) is 0 Å². The van der Waals surface area contributed by atoms with E-state index >= 15 is 0 Å². The highest BCUT2D eigenvalue weighted by Crippen LogP contribution is 2.09. The van der Waals surface area contributed by atoms with Gasteiger partial charge in [0.25, 0.3) is 0 Å². The van der Waals surface area contributed by atoms with Gasteiger partial charge in [0.05, 0.1) is 0 Å². The van der Waals surface area contributed by atoms with Crippen LogP contribution in [0.15, 0.2) is 0 Å². The number of carbonyl (C=O) groups is 3. The molecule has 1 N–H and O–H groups in total. The van der Waals surface area contributed by atoms with Crippen molar-refractivity contribution in [3.05, 3.63) is 0 Å². The monoisotopic (exact) mass is 341 g/mol. The second kappa shape index (κ2) is 16.6. The van der Waals surface area contributed by atoms with Crippen molar-refractivity contribution in [2.24, 2.45) is 0 Å². The summed E-state index contributed by atoms with van der Waals surface area (Å²) < 4.78 is 4.75. The largest absolute Gasteiger partial charge is 0.377 e. The van der Waals surface area contributed by atoms with Gasteiger partial charge in [0, 0.05) is 32.9 Å². The van der Waals surface area contributed by atoms with Gasteiger partial charge in [-0.3, -0.25) is 9.59 Å². The lowest BCUT2D eigenvalue weighted by molar-refractivity contribution is -0.123. The van der Waals surface area contributed by atoms with E-state index in [4.69, 9.17) is 4.74 Å². The predicted molar refractivity (Wildman–Crippen MR) is 96.0 cm³/mol. The molecule has 0 rings (SSSR count). The van der Waals surface area contributed by atoms with Crippen molar-refractivity contribution in [3.63, 3.8) is 0 Å². The topological polar surface area (TPSA) is 72.5 Å². The summed E-state index contributed by atoms with van der Waals surface area (Å²) in [6, 6.07) is 0. The number of hydrogen-bond acceptors (Lipinski definition) is 4. The third-order valence-electron chi connectivity index (χ3n) is 3.94. The van der Waals surface area contributed by atoms with Crippen LogP contribution in [0.25, 0.3) is 0 Å². The summed E-state index contributed by atoms with van der Waals surface area (Å²) in [5.74, 6) is 0.371. The van der Waals surface area contributed by atoms with Crippen LogP contribution in [0.4, 0.5) is 0 Å². The molecule has 0 unspecified atom stereocenters. The maximum atomic E-state index is 11.6. The Kier molecular flexibility index (Phi) is 15.8. The zero-order chi connectivity index (χ0) is 18.0. The SMILES string of the molecule is COCC(=O)CCCC(=O)NCCCCCCCCCCC(C)=O. The van der Waals surface area contributed by atoms with E-state index in [1.807, 2.05) is 0 Å². The maximum absolute atomic E-state index is 11.6. The third-order valence-corrected chi connectivity index (χ3v) is 3.94. The Balaban J connectivity index is 3.24. The summed E-state index contributed by atoms with van der Waals surface area (Å²) in [4.78, 5) is 33.6. The van der Waals surface area contributed by atoms with Gasteiger partial charge in [-0.2, -0.15) is 0 Å². The molecule has 0 heterocycles. The van der Waals surface area contributed by atoms with Crippen LogP contribution < -0.4 is 5.32 Å². The molecular weight excluding hydrogens is 306 g/mol. The fourth-order valence-electron chi connectivity index (χ4n) is 2.56. The molecule has 5 nitrogen and oxygen atoms in total. The van der Waals surface area contributed by atoms with Gasteiger partial charge in [-0.1, -0.05) is 38.5 Å². The summed E-state index contributed by atoms with van der Waals surface area (Å²) in [6.45, 7) is 2.52. The smallest absolute Gasteiger partial charge is 0.220 e. The first-order chi connectivity index (χ1) is 11.6. The molecule has 0 bridgehead atoms. The molecule has 0 aliphatic heterocycles. The Bertz CT molecular complexity index is 355. The van der Waals surface area contributed by atoms with Crippen LogP contribution in [0.2, 0.25) is 0 Å². The number of amides is 1. The van der Waals surface area contributed by atoms with E-state index in [1.165, 1.54) is 32.8 Å². The van der Waals surface area contributed by atoms with E-state index in [9.17, 15) is 14.4 Å². The summed E-state index contributed by atoms with van der Waals surface area (Å²) in [5.41, 5.74) is 0. The molecule has 0 saturated carbocycles. The quantitative estimate of drug-likeness (QED) is 0.410. The van der Waals surface area contributed by atoms with Crippen LogP contribution in [-0.4, -0.2) is 37.7 Å². The fraction of sp³-hybridized carbons (Fsp3) is 0.842. The van der Waals surface area contributed by atoms with Crippen LogP contribution in [0.5, 0.6) is 0 Å². The third kappa shape index (κ3) is 17.1. The highest BCUT2D eigenvalue weighted by Gasteiger charge is 2.04. The molecular formula is C19H35NO4. The molecule has 0 aromatic carbocycles. The van der Waals surface area contributed by atoms with Gasteiger partial charge in [-0.15, -0.1) is 0 Å². The molecule has 1 amide bonds. The van der Waals surface area contributed by atoms with Gasteiger partial charge in [-0.05, 0) is 26.2 Å². The maximum Gasteiger partial charge on any atom is 0.220 e. The van der Waals surface area contributed by atoms with Crippen molar-refractivity contribution in [1.82, 2.24) is 5.32 Å². The Morgan fingerprint density at radius 3 is 1.92 bits per heavy atom. The van der Waals surface area contributed by atoms with Gasteiger partial charge in [0.1, 0.15) is 12.4 Å². The number of hydrogen-bond donors (Lipinski definition) is 1. The first-order valence-corrected chi connectivity index (χ1v) is 9.33. The molecule has 140 valence electrons. The van der Waals surface area contributed by atoms with Crippen LogP contribution in [0, 0.1) is 0 Å². The van der Waals surface area contributed by atoms with Gasteiger partial charge < -0.3 is 14.8 Å². The minimum absolute atomic E-state index is 0.0330. The number of Topliss-reactive ketones (excluding diaryl/α,β-unsaturated/α-hetero) is 2. The van der Waals surface area contributed by atoms with Crippen LogP contribution in [-0.2, 0) is 19.1 Å². The second-order valence-corrected chi connectivity index (χ2v) is 6.46. The van der Waals surface area contributed by atoms with Gasteiger partial charge in [0.15, 0.2) is 5.78 Å².